The molecule has 27 heavy (non-hydrogen) atoms. The third-order valence-corrected chi connectivity index (χ3v) is 5.84. The topological polar surface area (TPSA) is 46.5 Å². The van der Waals surface area contributed by atoms with E-state index >= 15 is 0 Å². The van der Waals surface area contributed by atoms with E-state index in [1.165, 1.54) is 10.5 Å². The van der Waals surface area contributed by atoms with Crippen LogP contribution < -0.4 is 0 Å². The van der Waals surface area contributed by atoms with Gasteiger partial charge < -0.3 is 9.84 Å². The minimum absolute atomic E-state index is 0.00265. The summed E-state index contributed by atoms with van der Waals surface area (Å²) in [4.78, 5) is 13.3. The number of thioether (sulfide) groups is 1. The second-order valence-electron chi connectivity index (χ2n) is 7.14. The van der Waals surface area contributed by atoms with Gasteiger partial charge in [0.25, 0.3) is 0 Å². The quantitative estimate of drug-likeness (QED) is 0.618. The minimum Gasteiger partial charge on any atom is -0.462 e. The number of rotatable bonds is 3. The molecule has 0 radical (unpaired) electrons. The van der Waals surface area contributed by atoms with Gasteiger partial charge in [0.1, 0.15) is 6.10 Å². The Morgan fingerprint density at radius 3 is 2.81 bits per heavy atom. The third kappa shape index (κ3) is 4.21. The first-order chi connectivity index (χ1) is 12.9. The number of hydrogen-bond acceptors (Lipinski definition) is 4. The fourth-order valence-electron chi connectivity index (χ4n) is 3.36. The molecular formula is C23H24O3S. The summed E-state index contributed by atoms with van der Waals surface area (Å²) >= 11 is 1.83. The molecule has 1 atom stereocenters. The van der Waals surface area contributed by atoms with Crippen molar-refractivity contribution in [2.24, 2.45) is 0 Å². The summed E-state index contributed by atoms with van der Waals surface area (Å²) in [6, 6.07) is 13.1. The zero-order valence-electron chi connectivity index (χ0n) is 15.9. The highest BCUT2D eigenvalue weighted by Gasteiger charge is 2.31. The van der Waals surface area contributed by atoms with Crippen molar-refractivity contribution in [3.05, 3.63) is 64.7 Å². The lowest BCUT2D eigenvalue weighted by molar-refractivity contribution is 0.0526. The number of aliphatic hydroxyl groups is 1. The van der Waals surface area contributed by atoms with Gasteiger partial charge in [-0.15, -0.1) is 11.8 Å². The summed E-state index contributed by atoms with van der Waals surface area (Å²) in [6.07, 6.45) is 0.154. The van der Waals surface area contributed by atoms with Crippen molar-refractivity contribution in [1.29, 1.82) is 0 Å². The highest BCUT2D eigenvalue weighted by molar-refractivity contribution is 7.99. The SMILES string of the molecule is CCOC(=O)c1ccccc1C#CC(O)c1cccc2c1C(C)(C)CCS2. The first-order valence-corrected chi connectivity index (χ1v) is 10.1. The number of esters is 1. The second kappa shape index (κ2) is 8.21. The Morgan fingerprint density at radius 2 is 2.04 bits per heavy atom. The molecule has 0 amide bonds. The fraction of sp³-hybridized carbons (Fsp3) is 0.348. The molecule has 3 nitrogen and oxygen atoms in total. The van der Waals surface area contributed by atoms with Crippen molar-refractivity contribution >= 4 is 17.7 Å². The first-order valence-electron chi connectivity index (χ1n) is 9.16. The largest absolute Gasteiger partial charge is 0.462 e. The maximum absolute atomic E-state index is 12.1. The van der Waals surface area contributed by atoms with Crippen molar-refractivity contribution in [3.8, 4) is 11.8 Å². The van der Waals surface area contributed by atoms with Crippen LogP contribution in [0.5, 0.6) is 0 Å². The van der Waals surface area contributed by atoms with E-state index in [1.807, 2.05) is 30.0 Å². The van der Waals surface area contributed by atoms with Gasteiger partial charge in [0.15, 0.2) is 0 Å². The number of hydrogen-bond donors (Lipinski definition) is 1. The van der Waals surface area contributed by atoms with Gasteiger partial charge in [-0.2, -0.15) is 0 Å². The van der Waals surface area contributed by atoms with Gasteiger partial charge in [0, 0.05) is 10.5 Å². The van der Waals surface area contributed by atoms with Crippen molar-refractivity contribution in [3.63, 3.8) is 0 Å². The van der Waals surface area contributed by atoms with Crippen molar-refractivity contribution < 1.29 is 14.6 Å². The molecule has 0 aromatic heterocycles. The molecule has 0 saturated carbocycles. The van der Waals surface area contributed by atoms with Crippen LogP contribution in [0, 0.1) is 11.8 Å². The number of ether oxygens (including phenoxy) is 1. The predicted octanol–water partition coefficient (Wildman–Crippen LogP) is 4.72. The molecule has 1 aliphatic heterocycles. The average molecular weight is 381 g/mol. The van der Waals surface area contributed by atoms with Gasteiger partial charge in [-0.1, -0.05) is 50.0 Å². The summed E-state index contributed by atoms with van der Waals surface area (Å²) in [7, 11) is 0. The van der Waals surface area contributed by atoms with E-state index < -0.39 is 12.1 Å². The fourth-order valence-corrected chi connectivity index (χ4v) is 4.91. The summed E-state index contributed by atoms with van der Waals surface area (Å²) in [5.74, 6) is 6.59. The molecule has 1 N–H and O–H groups in total. The van der Waals surface area contributed by atoms with Gasteiger partial charge in [-0.25, -0.2) is 4.79 Å². The number of carbonyl (C=O) groups is 1. The number of aliphatic hydroxyl groups excluding tert-OH is 1. The van der Waals surface area contributed by atoms with Crippen LogP contribution in [0.2, 0.25) is 0 Å². The van der Waals surface area contributed by atoms with Gasteiger partial charge in [-0.3, -0.25) is 0 Å². The Hall–Kier alpha value is -2.22. The van der Waals surface area contributed by atoms with E-state index in [-0.39, 0.29) is 5.41 Å². The lowest BCUT2D eigenvalue weighted by Crippen LogP contribution is -2.25. The normalized spacial score (nSPS) is 15.9. The monoisotopic (exact) mass is 380 g/mol. The molecule has 0 spiro atoms. The van der Waals surface area contributed by atoms with Gasteiger partial charge in [0.2, 0.25) is 0 Å². The number of carbonyl (C=O) groups excluding carboxylic acids is 1. The maximum atomic E-state index is 12.1. The van der Waals surface area contributed by atoms with E-state index in [1.54, 1.807) is 25.1 Å². The Bertz CT molecular complexity index is 905. The molecule has 1 heterocycles. The van der Waals surface area contributed by atoms with E-state index in [0.29, 0.717) is 17.7 Å². The summed E-state index contributed by atoms with van der Waals surface area (Å²) < 4.78 is 5.09. The zero-order valence-corrected chi connectivity index (χ0v) is 16.7. The van der Waals surface area contributed by atoms with Crippen molar-refractivity contribution in [2.45, 2.75) is 43.6 Å². The van der Waals surface area contributed by atoms with Crippen LogP contribution in [0.3, 0.4) is 0 Å². The standard InChI is InChI=1S/C23H24O3S/c1-4-26-22(25)17-9-6-5-8-16(17)12-13-19(24)18-10-7-11-20-21(18)23(2,3)14-15-27-20/h5-11,19,24H,4,14-15H2,1-3H3. The first kappa shape index (κ1) is 19.5. The van der Waals surface area contributed by atoms with Crippen LogP contribution >= 0.6 is 11.8 Å². The van der Waals surface area contributed by atoms with Crippen LogP contribution in [-0.4, -0.2) is 23.4 Å². The number of benzene rings is 2. The van der Waals surface area contributed by atoms with Gasteiger partial charge in [-0.05, 0) is 53.8 Å². The van der Waals surface area contributed by atoms with Crippen LogP contribution in [0.25, 0.3) is 0 Å². The molecule has 0 aliphatic carbocycles. The molecule has 0 saturated heterocycles. The summed E-state index contributed by atoms with van der Waals surface area (Å²) in [5, 5.41) is 10.8. The van der Waals surface area contributed by atoms with Crippen LogP contribution in [0.1, 0.15) is 60.3 Å². The molecular weight excluding hydrogens is 356 g/mol. The molecule has 3 rings (SSSR count). The van der Waals surface area contributed by atoms with Gasteiger partial charge in [0.05, 0.1) is 12.2 Å². The molecule has 0 bridgehead atoms. The highest BCUT2D eigenvalue weighted by atomic mass is 32.2. The van der Waals surface area contributed by atoms with Crippen LogP contribution in [0.4, 0.5) is 0 Å². The van der Waals surface area contributed by atoms with Crippen LogP contribution in [-0.2, 0) is 10.2 Å². The third-order valence-electron chi connectivity index (χ3n) is 4.78. The lowest BCUT2D eigenvalue weighted by atomic mass is 9.78. The Morgan fingerprint density at radius 1 is 1.26 bits per heavy atom. The highest BCUT2D eigenvalue weighted by Crippen LogP contribution is 2.44. The maximum Gasteiger partial charge on any atom is 0.339 e. The molecule has 1 unspecified atom stereocenters. The molecule has 2 aromatic rings. The molecule has 1 aliphatic rings. The Labute approximate surface area is 165 Å². The Balaban J connectivity index is 1.96. The average Bonchev–Trinajstić information content (AvgIpc) is 2.66. The van der Waals surface area contributed by atoms with E-state index in [0.717, 1.165) is 17.7 Å². The number of fused-ring (bicyclic) bond motifs is 1. The van der Waals surface area contributed by atoms with E-state index in [2.05, 4.69) is 31.8 Å². The van der Waals surface area contributed by atoms with Crippen LogP contribution in [0.15, 0.2) is 47.4 Å². The molecule has 0 fully saturated rings. The summed E-state index contributed by atoms with van der Waals surface area (Å²) in [5.41, 5.74) is 3.02. The smallest absolute Gasteiger partial charge is 0.339 e. The van der Waals surface area contributed by atoms with E-state index in [4.69, 9.17) is 4.74 Å². The summed E-state index contributed by atoms with van der Waals surface area (Å²) in [6.45, 7) is 6.51. The zero-order chi connectivity index (χ0) is 19.4. The Kier molecular flexibility index (Phi) is 5.94. The minimum atomic E-state index is -0.909. The molecule has 140 valence electrons. The van der Waals surface area contributed by atoms with Gasteiger partial charge >= 0.3 is 5.97 Å². The molecule has 2 aromatic carbocycles. The van der Waals surface area contributed by atoms with Crippen molar-refractivity contribution in [2.75, 3.05) is 12.4 Å². The second-order valence-corrected chi connectivity index (χ2v) is 8.28. The predicted molar refractivity (Wildman–Crippen MR) is 109 cm³/mol. The van der Waals surface area contributed by atoms with Crippen molar-refractivity contribution in [1.82, 2.24) is 0 Å². The molecule has 4 heteroatoms. The lowest BCUT2D eigenvalue weighted by Gasteiger charge is -2.34. The van der Waals surface area contributed by atoms with E-state index in [9.17, 15) is 9.90 Å².